The van der Waals surface area contributed by atoms with Crippen molar-refractivity contribution < 1.29 is 4.92 Å². The smallest absolute Gasteiger partial charge is 0.363 e. The Kier molecular flexibility index (Phi) is 2.97. The Bertz CT molecular complexity index is 416. The van der Waals surface area contributed by atoms with Crippen molar-refractivity contribution in [1.29, 1.82) is 0 Å². The largest absolute Gasteiger partial charge is 0.375 e. The Morgan fingerprint density at radius 3 is 2.76 bits per heavy atom. The number of nitrogens with one attached hydrogen (secondary N) is 1. The van der Waals surface area contributed by atoms with Crippen LogP contribution in [0.1, 0.15) is 19.8 Å². The molecule has 1 saturated carbocycles. The van der Waals surface area contributed by atoms with E-state index < -0.39 is 4.92 Å². The van der Waals surface area contributed by atoms with E-state index in [2.05, 4.69) is 17.2 Å². The fourth-order valence-corrected chi connectivity index (χ4v) is 1.94. The van der Waals surface area contributed by atoms with Crippen molar-refractivity contribution in [1.82, 2.24) is 4.98 Å². The second-order valence-electron chi connectivity index (χ2n) is 4.68. The van der Waals surface area contributed by atoms with Gasteiger partial charge in [-0.15, -0.1) is 0 Å². The van der Waals surface area contributed by atoms with Crippen LogP contribution in [-0.2, 0) is 0 Å². The van der Waals surface area contributed by atoms with Crippen molar-refractivity contribution in [3.63, 3.8) is 0 Å². The summed E-state index contributed by atoms with van der Waals surface area (Å²) in [6, 6.07) is 3.06. The number of anilines is 1. The molecule has 0 spiro atoms. The Hall–Kier alpha value is -1.69. The Morgan fingerprint density at radius 1 is 1.65 bits per heavy atom. The maximum absolute atomic E-state index is 10.5. The summed E-state index contributed by atoms with van der Waals surface area (Å²) < 4.78 is 0. The van der Waals surface area contributed by atoms with Crippen LogP contribution in [0.3, 0.4) is 0 Å². The van der Waals surface area contributed by atoms with Gasteiger partial charge in [0.05, 0.1) is 5.69 Å². The van der Waals surface area contributed by atoms with Crippen LogP contribution >= 0.6 is 0 Å². The summed E-state index contributed by atoms with van der Waals surface area (Å²) in [5.41, 5.74) is 6.42. The lowest BCUT2D eigenvalue weighted by atomic mass is 9.96. The summed E-state index contributed by atoms with van der Waals surface area (Å²) >= 11 is 0. The highest BCUT2D eigenvalue weighted by atomic mass is 16.6. The number of hydrogen-bond donors (Lipinski definition) is 2. The molecule has 1 aromatic heterocycles. The first-order chi connectivity index (χ1) is 8.05. The molecule has 1 atom stereocenters. The molecule has 1 unspecified atom stereocenters. The van der Waals surface area contributed by atoms with Crippen LogP contribution in [0, 0.1) is 16.0 Å². The molecule has 3 N–H and O–H groups in total. The third-order valence-corrected chi connectivity index (χ3v) is 3.27. The van der Waals surface area contributed by atoms with Gasteiger partial charge in [-0.05, 0) is 41.7 Å². The Labute approximate surface area is 99.4 Å². The first-order valence-corrected chi connectivity index (χ1v) is 5.64. The van der Waals surface area contributed by atoms with Crippen LogP contribution in [0.4, 0.5) is 11.5 Å². The first-order valence-electron chi connectivity index (χ1n) is 5.64. The summed E-state index contributed by atoms with van der Waals surface area (Å²) in [5.74, 6) is 0.444. The molecule has 0 radical (unpaired) electrons. The van der Waals surface area contributed by atoms with Gasteiger partial charge in [-0.3, -0.25) is 0 Å². The van der Waals surface area contributed by atoms with Gasteiger partial charge in [0.15, 0.2) is 6.20 Å². The lowest BCUT2D eigenvalue weighted by molar-refractivity contribution is -0.389. The number of hydrogen-bond acceptors (Lipinski definition) is 5. The normalized spacial score (nSPS) is 18.5. The number of aromatic nitrogens is 1. The van der Waals surface area contributed by atoms with Crippen LogP contribution in [0.5, 0.6) is 0 Å². The number of nitrogens with zero attached hydrogens (tertiary/aromatic N) is 2. The van der Waals surface area contributed by atoms with E-state index in [0.29, 0.717) is 12.5 Å². The van der Waals surface area contributed by atoms with Crippen molar-refractivity contribution in [3.8, 4) is 0 Å². The van der Waals surface area contributed by atoms with Crippen molar-refractivity contribution in [2.45, 2.75) is 25.3 Å². The minimum absolute atomic E-state index is 0.141. The molecular formula is C11H16N4O2. The predicted octanol–water partition coefficient (Wildman–Crippen LogP) is 1.53. The van der Waals surface area contributed by atoms with Gasteiger partial charge in [0.2, 0.25) is 0 Å². The summed E-state index contributed by atoms with van der Waals surface area (Å²) in [4.78, 5) is 13.7. The molecule has 0 amide bonds. The summed E-state index contributed by atoms with van der Waals surface area (Å²) in [7, 11) is 0. The molecule has 2 rings (SSSR count). The van der Waals surface area contributed by atoms with Crippen molar-refractivity contribution in [3.05, 3.63) is 28.4 Å². The van der Waals surface area contributed by atoms with E-state index >= 15 is 0 Å². The number of nitro groups is 1. The van der Waals surface area contributed by atoms with E-state index in [1.165, 1.54) is 25.1 Å². The van der Waals surface area contributed by atoms with E-state index in [0.717, 1.165) is 5.69 Å². The number of rotatable bonds is 5. The lowest BCUT2D eigenvalue weighted by Crippen LogP contribution is -2.44. The molecule has 0 saturated heterocycles. The molecule has 0 aliphatic heterocycles. The number of nitrogens with two attached hydrogens (primary N) is 1. The first kappa shape index (κ1) is 11.8. The molecule has 6 nitrogen and oxygen atoms in total. The second kappa shape index (κ2) is 4.29. The fraction of sp³-hybridized carbons (Fsp3) is 0.545. The average molecular weight is 236 g/mol. The monoisotopic (exact) mass is 236 g/mol. The highest BCUT2D eigenvalue weighted by molar-refractivity contribution is 5.46. The summed E-state index contributed by atoms with van der Waals surface area (Å²) in [5, 5.41) is 13.8. The molecule has 0 bridgehead atoms. The quantitative estimate of drug-likeness (QED) is 0.597. The predicted molar refractivity (Wildman–Crippen MR) is 64.7 cm³/mol. The second-order valence-corrected chi connectivity index (χ2v) is 4.68. The zero-order valence-corrected chi connectivity index (χ0v) is 9.72. The lowest BCUT2D eigenvalue weighted by Gasteiger charge is -2.30. The van der Waals surface area contributed by atoms with Gasteiger partial charge in [0.25, 0.3) is 0 Å². The van der Waals surface area contributed by atoms with Gasteiger partial charge < -0.3 is 21.2 Å². The van der Waals surface area contributed by atoms with Crippen LogP contribution in [-0.4, -0.2) is 22.0 Å². The van der Waals surface area contributed by atoms with E-state index in [1.807, 2.05) is 0 Å². The Morgan fingerprint density at radius 2 is 2.35 bits per heavy atom. The highest BCUT2D eigenvalue weighted by Gasteiger charge is 2.40. The van der Waals surface area contributed by atoms with Crippen LogP contribution in [0.2, 0.25) is 0 Å². The topological polar surface area (TPSA) is 94.1 Å². The van der Waals surface area contributed by atoms with Crippen molar-refractivity contribution in [2.24, 2.45) is 11.7 Å². The summed E-state index contributed by atoms with van der Waals surface area (Å²) in [6.45, 7) is 2.61. The van der Waals surface area contributed by atoms with Crippen LogP contribution in [0.15, 0.2) is 18.3 Å². The van der Waals surface area contributed by atoms with Gasteiger partial charge in [0, 0.05) is 18.2 Å². The maximum atomic E-state index is 10.5. The average Bonchev–Trinajstić information content (AvgIpc) is 3.13. The highest BCUT2D eigenvalue weighted by Crippen LogP contribution is 2.40. The molecule has 1 fully saturated rings. The SMILES string of the molecule is CC(CN)(Nc1ccc([N+](=O)[O-])nc1)C1CC1. The third-order valence-electron chi connectivity index (χ3n) is 3.27. The molecule has 1 aliphatic rings. The van der Waals surface area contributed by atoms with Crippen molar-refractivity contribution in [2.75, 3.05) is 11.9 Å². The van der Waals surface area contributed by atoms with Crippen molar-refractivity contribution >= 4 is 11.5 Å². The maximum Gasteiger partial charge on any atom is 0.363 e. The standard InChI is InChI=1S/C11H16N4O2/c1-11(7-12,8-2-3-8)14-9-4-5-10(13-6-9)15(16)17/h4-6,8,14H,2-3,7,12H2,1H3. The zero-order chi connectivity index (χ0) is 12.5. The van der Waals surface area contributed by atoms with Gasteiger partial charge >= 0.3 is 5.82 Å². The minimum Gasteiger partial charge on any atom is -0.375 e. The third kappa shape index (κ3) is 2.52. The van der Waals surface area contributed by atoms with Crippen LogP contribution in [0.25, 0.3) is 0 Å². The number of pyridine rings is 1. The molecule has 1 aromatic rings. The fourth-order valence-electron chi connectivity index (χ4n) is 1.94. The van der Waals surface area contributed by atoms with Gasteiger partial charge in [-0.2, -0.15) is 0 Å². The molecular weight excluding hydrogens is 220 g/mol. The summed E-state index contributed by atoms with van der Waals surface area (Å²) in [6.07, 6.45) is 3.84. The van der Waals surface area contributed by atoms with Gasteiger partial charge in [0.1, 0.15) is 0 Å². The van der Waals surface area contributed by atoms with E-state index in [9.17, 15) is 10.1 Å². The minimum atomic E-state index is -0.507. The van der Waals surface area contributed by atoms with Crippen LogP contribution < -0.4 is 11.1 Å². The van der Waals surface area contributed by atoms with Gasteiger partial charge in [-0.1, -0.05) is 0 Å². The zero-order valence-electron chi connectivity index (χ0n) is 9.72. The molecule has 1 heterocycles. The Balaban J connectivity index is 2.10. The van der Waals surface area contributed by atoms with E-state index in [4.69, 9.17) is 5.73 Å². The molecule has 1 aliphatic carbocycles. The molecule has 0 aromatic carbocycles. The molecule has 6 heteroatoms. The molecule has 17 heavy (non-hydrogen) atoms. The van der Waals surface area contributed by atoms with Gasteiger partial charge in [-0.25, -0.2) is 0 Å². The molecule has 92 valence electrons. The van der Waals surface area contributed by atoms with E-state index in [-0.39, 0.29) is 11.4 Å². The van der Waals surface area contributed by atoms with E-state index in [1.54, 1.807) is 6.07 Å².